The Balaban J connectivity index is 2.38. The molecule has 1 unspecified atom stereocenters. The lowest BCUT2D eigenvalue weighted by atomic mass is 10.1. The van der Waals surface area contributed by atoms with Crippen molar-refractivity contribution in [2.24, 2.45) is 5.73 Å². The van der Waals surface area contributed by atoms with E-state index in [1.807, 2.05) is 0 Å². The molecule has 0 saturated heterocycles. The van der Waals surface area contributed by atoms with Gasteiger partial charge in [0.05, 0.1) is 6.10 Å². The third-order valence-electron chi connectivity index (χ3n) is 2.26. The summed E-state index contributed by atoms with van der Waals surface area (Å²) in [6, 6.07) is 4.34. The second-order valence-corrected chi connectivity index (χ2v) is 4.52. The number of benzene rings is 1. The minimum Gasteiger partial charge on any atom is -0.387 e. The lowest BCUT2D eigenvalue weighted by Crippen LogP contribution is -2.36. The lowest BCUT2D eigenvalue weighted by Gasteiger charge is -2.14. The molecule has 0 saturated carbocycles. The first-order valence-corrected chi connectivity index (χ1v) is 6.13. The Morgan fingerprint density at radius 2 is 2.11 bits per heavy atom. The number of rotatable bonds is 6. The van der Waals surface area contributed by atoms with Crippen molar-refractivity contribution in [3.05, 3.63) is 33.8 Å². The second kappa shape index (κ2) is 7.43. The van der Waals surface area contributed by atoms with Crippen LogP contribution in [0.5, 0.6) is 0 Å². The van der Waals surface area contributed by atoms with Gasteiger partial charge in [0.1, 0.15) is 0 Å². The van der Waals surface area contributed by atoms with Crippen LogP contribution in [0.15, 0.2) is 18.2 Å². The smallest absolute Gasteiger partial charge is 0.312 e. The number of carbonyl (C=O) groups is 1. The molecule has 5 nitrogen and oxygen atoms in total. The quantitative estimate of drug-likeness (QED) is 0.596. The van der Waals surface area contributed by atoms with Crippen LogP contribution in [0.1, 0.15) is 11.7 Å². The molecule has 1 atom stereocenters. The van der Waals surface area contributed by atoms with Gasteiger partial charge in [0.15, 0.2) is 0 Å². The van der Waals surface area contributed by atoms with Gasteiger partial charge in [-0.3, -0.25) is 0 Å². The van der Waals surface area contributed by atoms with Gasteiger partial charge in [-0.05, 0) is 18.2 Å². The van der Waals surface area contributed by atoms with Crippen molar-refractivity contribution in [2.45, 2.75) is 6.10 Å². The van der Waals surface area contributed by atoms with Crippen LogP contribution in [0.25, 0.3) is 0 Å². The zero-order valence-electron chi connectivity index (χ0n) is 9.62. The van der Waals surface area contributed by atoms with E-state index in [1.165, 1.54) is 0 Å². The van der Waals surface area contributed by atoms with Gasteiger partial charge in [-0.15, -0.1) is 0 Å². The summed E-state index contributed by atoms with van der Waals surface area (Å²) in [7, 11) is 0. The number of nitrogens with two attached hydrogens (primary N) is 1. The summed E-state index contributed by atoms with van der Waals surface area (Å²) in [6.45, 7) is 1.20. The molecule has 7 heteroatoms. The monoisotopic (exact) mass is 291 g/mol. The maximum absolute atomic E-state index is 10.4. The maximum Gasteiger partial charge on any atom is 0.312 e. The minimum absolute atomic E-state index is 0.306. The highest BCUT2D eigenvalue weighted by molar-refractivity contribution is 6.33. The maximum atomic E-state index is 10.4. The van der Waals surface area contributed by atoms with Gasteiger partial charge in [0, 0.05) is 35.2 Å². The molecule has 0 fully saturated rings. The summed E-state index contributed by atoms with van der Waals surface area (Å²) in [4.78, 5) is 10.4. The van der Waals surface area contributed by atoms with E-state index < -0.39 is 12.1 Å². The summed E-state index contributed by atoms with van der Waals surface area (Å²) in [5.74, 6) is 0. The summed E-state index contributed by atoms with van der Waals surface area (Å²) in [5, 5.41) is 16.3. The van der Waals surface area contributed by atoms with E-state index in [4.69, 9.17) is 28.9 Å². The first kappa shape index (κ1) is 15.0. The number of aliphatic hydroxyl groups excluding tert-OH is 1. The van der Waals surface area contributed by atoms with Crippen molar-refractivity contribution < 1.29 is 9.90 Å². The van der Waals surface area contributed by atoms with E-state index in [1.54, 1.807) is 18.2 Å². The van der Waals surface area contributed by atoms with Crippen LogP contribution >= 0.6 is 23.2 Å². The first-order valence-electron chi connectivity index (χ1n) is 5.37. The van der Waals surface area contributed by atoms with Crippen LogP contribution in [-0.2, 0) is 0 Å². The molecule has 1 aromatic rings. The number of halogens is 2. The number of urea groups is 1. The van der Waals surface area contributed by atoms with Gasteiger partial charge in [0.25, 0.3) is 0 Å². The van der Waals surface area contributed by atoms with Crippen molar-refractivity contribution in [3.8, 4) is 0 Å². The molecule has 0 bridgehead atoms. The molecule has 0 aliphatic carbocycles. The SMILES string of the molecule is NC(=O)NCCNCC(O)c1cc(Cl)ccc1Cl. The van der Waals surface area contributed by atoms with E-state index in [9.17, 15) is 9.90 Å². The predicted octanol–water partition coefficient (Wildman–Crippen LogP) is 1.28. The van der Waals surface area contributed by atoms with Crippen LogP contribution in [0.4, 0.5) is 4.79 Å². The van der Waals surface area contributed by atoms with Gasteiger partial charge in [0.2, 0.25) is 0 Å². The van der Waals surface area contributed by atoms with Crippen LogP contribution < -0.4 is 16.4 Å². The Labute approximate surface area is 115 Å². The molecular formula is C11H15Cl2N3O2. The fourth-order valence-corrected chi connectivity index (χ4v) is 1.82. The molecule has 1 rings (SSSR count). The van der Waals surface area contributed by atoms with Crippen molar-refractivity contribution in [1.82, 2.24) is 10.6 Å². The predicted molar refractivity (Wildman–Crippen MR) is 71.9 cm³/mol. The molecule has 0 spiro atoms. The Morgan fingerprint density at radius 1 is 1.39 bits per heavy atom. The summed E-state index contributed by atoms with van der Waals surface area (Å²) in [5.41, 5.74) is 5.47. The van der Waals surface area contributed by atoms with Gasteiger partial charge in [-0.2, -0.15) is 0 Å². The summed E-state index contributed by atoms with van der Waals surface area (Å²) in [6.07, 6.45) is -0.759. The van der Waals surface area contributed by atoms with Crippen LogP contribution in [0, 0.1) is 0 Å². The van der Waals surface area contributed by atoms with Crippen molar-refractivity contribution in [3.63, 3.8) is 0 Å². The number of aliphatic hydroxyl groups is 1. The fraction of sp³-hybridized carbons (Fsp3) is 0.364. The van der Waals surface area contributed by atoms with E-state index in [2.05, 4.69) is 10.6 Å². The van der Waals surface area contributed by atoms with Crippen molar-refractivity contribution in [1.29, 1.82) is 0 Å². The van der Waals surface area contributed by atoms with E-state index in [0.717, 1.165) is 0 Å². The largest absolute Gasteiger partial charge is 0.387 e. The standard InChI is InChI=1S/C11H15Cl2N3O2/c12-7-1-2-9(13)8(5-7)10(17)6-15-3-4-16-11(14)18/h1-2,5,10,15,17H,3-4,6H2,(H3,14,16,18). The topological polar surface area (TPSA) is 87.4 Å². The lowest BCUT2D eigenvalue weighted by molar-refractivity contribution is 0.175. The highest BCUT2D eigenvalue weighted by Crippen LogP contribution is 2.25. The fourth-order valence-electron chi connectivity index (χ4n) is 1.39. The van der Waals surface area contributed by atoms with E-state index in [-0.39, 0.29) is 0 Å². The third kappa shape index (κ3) is 5.10. The Bertz CT molecular complexity index is 415. The molecule has 0 radical (unpaired) electrons. The van der Waals surface area contributed by atoms with Crippen molar-refractivity contribution >= 4 is 29.2 Å². The van der Waals surface area contributed by atoms with Gasteiger partial charge in [-0.25, -0.2) is 4.79 Å². The van der Waals surface area contributed by atoms with Crippen LogP contribution in [0.3, 0.4) is 0 Å². The molecule has 0 heterocycles. The Morgan fingerprint density at radius 3 is 2.78 bits per heavy atom. The van der Waals surface area contributed by atoms with Crippen LogP contribution in [0.2, 0.25) is 10.0 Å². The number of hydrogen-bond donors (Lipinski definition) is 4. The van der Waals surface area contributed by atoms with Gasteiger partial charge >= 0.3 is 6.03 Å². The number of carbonyl (C=O) groups excluding carboxylic acids is 1. The zero-order chi connectivity index (χ0) is 13.5. The van der Waals surface area contributed by atoms with Gasteiger partial charge < -0.3 is 21.5 Å². The molecule has 2 amide bonds. The molecule has 0 aliphatic heterocycles. The highest BCUT2D eigenvalue weighted by Gasteiger charge is 2.11. The molecule has 1 aromatic carbocycles. The molecular weight excluding hydrogens is 277 g/mol. The molecule has 100 valence electrons. The average molecular weight is 292 g/mol. The highest BCUT2D eigenvalue weighted by atomic mass is 35.5. The summed E-state index contributed by atoms with van der Waals surface area (Å²) < 4.78 is 0. The van der Waals surface area contributed by atoms with Crippen LogP contribution in [-0.4, -0.2) is 30.8 Å². The van der Waals surface area contributed by atoms with Crippen molar-refractivity contribution in [2.75, 3.05) is 19.6 Å². The number of primary amides is 1. The van der Waals surface area contributed by atoms with E-state index >= 15 is 0 Å². The summed E-state index contributed by atoms with van der Waals surface area (Å²) >= 11 is 11.8. The van der Waals surface area contributed by atoms with E-state index in [0.29, 0.717) is 35.2 Å². The zero-order valence-corrected chi connectivity index (χ0v) is 11.1. The Kier molecular flexibility index (Phi) is 6.21. The third-order valence-corrected chi connectivity index (χ3v) is 2.84. The second-order valence-electron chi connectivity index (χ2n) is 3.68. The normalized spacial score (nSPS) is 12.2. The number of hydrogen-bond acceptors (Lipinski definition) is 3. The first-order chi connectivity index (χ1) is 8.50. The number of amides is 2. The Hall–Kier alpha value is -1.01. The number of nitrogens with one attached hydrogen (secondary N) is 2. The minimum atomic E-state index is -0.759. The molecule has 0 aliphatic rings. The average Bonchev–Trinajstić information content (AvgIpc) is 2.31. The molecule has 18 heavy (non-hydrogen) atoms. The molecule has 0 aromatic heterocycles. The van der Waals surface area contributed by atoms with Gasteiger partial charge in [-0.1, -0.05) is 23.2 Å². The molecule has 5 N–H and O–H groups in total.